The van der Waals surface area contributed by atoms with Gasteiger partial charge in [0, 0.05) is 17.9 Å². The van der Waals surface area contributed by atoms with Crippen LogP contribution < -0.4 is 0 Å². The van der Waals surface area contributed by atoms with Crippen LogP contribution in [0.15, 0.2) is 24.3 Å². The molecule has 1 fully saturated rings. The lowest BCUT2D eigenvalue weighted by Gasteiger charge is -2.34. The highest BCUT2D eigenvalue weighted by molar-refractivity contribution is 9.09. The second-order valence-corrected chi connectivity index (χ2v) is 5.05. The summed E-state index contributed by atoms with van der Waals surface area (Å²) in [4.78, 5) is 2.45. The summed E-state index contributed by atoms with van der Waals surface area (Å²) in [5.41, 5.74) is 1.08. The van der Waals surface area contributed by atoms with Gasteiger partial charge in [0.1, 0.15) is 5.82 Å². The van der Waals surface area contributed by atoms with Gasteiger partial charge in [0.25, 0.3) is 0 Å². The van der Waals surface area contributed by atoms with Gasteiger partial charge in [0.2, 0.25) is 0 Å². The van der Waals surface area contributed by atoms with Crippen LogP contribution in [0.1, 0.15) is 24.8 Å². The van der Waals surface area contributed by atoms with E-state index in [0.717, 1.165) is 24.0 Å². The van der Waals surface area contributed by atoms with Crippen LogP contribution in [-0.4, -0.2) is 22.8 Å². The van der Waals surface area contributed by atoms with Crippen molar-refractivity contribution >= 4 is 15.9 Å². The van der Waals surface area contributed by atoms with Crippen LogP contribution in [0.2, 0.25) is 0 Å². The Morgan fingerprint density at radius 2 is 2.25 bits per heavy atom. The summed E-state index contributed by atoms with van der Waals surface area (Å²) in [6, 6.07) is 7.54. The van der Waals surface area contributed by atoms with Crippen molar-refractivity contribution in [1.29, 1.82) is 0 Å². The van der Waals surface area contributed by atoms with Crippen LogP contribution in [0.25, 0.3) is 0 Å². The number of likely N-dealkylation sites (tertiary alicyclic amines) is 1. The standard InChI is InChI=1S/C13H17BrFN/c14-9-13-6-1-2-7-16(13)10-11-4-3-5-12(15)8-11/h3-5,8,13H,1-2,6-7,9-10H2. The molecule has 0 spiro atoms. The SMILES string of the molecule is Fc1cccc(CN2CCCCC2CBr)c1. The summed E-state index contributed by atoms with van der Waals surface area (Å²) in [5, 5.41) is 1.02. The topological polar surface area (TPSA) is 3.24 Å². The Balaban J connectivity index is 2.02. The van der Waals surface area contributed by atoms with Crippen LogP contribution >= 0.6 is 15.9 Å². The molecule has 16 heavy (non-hydrogen) atoms. The molecule has 1 aliphatic heterocycles. The summed E-state index contributed by atoms with van der Waals surface area (Å²) in [7, 11) is 0. The number of rotatable bonds is 3. The number of hydrogen-bond donors (Lipinski definition) is 0. The van der Waals surface area contributed by atoms with Gasteiger partial charge in [-0.05, 0) is 37.1 Å². The van der Waals surface area contributed by atoms with Gasteiger partial charge in [-0.15, -0.1) is 0 Å². The van der Waals surface area contributed by atoms with E-state index in [1.807, 2.05) is 6.07 Å². The Kier molecular flexibility index (Phi) is 4.36. The van der Waals surface area contributed by atoms with Crippen molar-refractivity contribution in [3.8, 4) is 0 Å². The smallest absolute Gasteiger partial charge is 0.123 e. The molecule has 2 rings (SSSR count). The van der Waals surface area contributed by atoms with E-state index < -0.39 is 0 Å². The highest BCUT2D eigenvalue weighted by Gasteiger charge is 2.21. The van der Waals surface area contributed by atoms with Gasteiger partial charge in [-0.3, -0.25) is 4.90 Å². The summed E-state index contributed by atoms with van der Waals surface area (Å²) < 4.78 is 13.1. The summed E-state index contributed by atoms with van der Waals surface area (Å²) in [5.74, 6) is -0.134. The number of alkyl halides is 1. The summed E-state index contributed by atoms with van der Waals surface area (Å²) in [6.45, 7) is 2.00. The van der Waals surface area contributed by atoms with Crippen molar-refractivity contribution < 1.29 is 4.39 Å². The van der Waals surface area contributed by atoms with Gasteiger partial charge >= 0.3 is 0 Å². The van der Waals surface area contributed by atoms with Crippen molar-refractivity contribution in [3.05, 3.63) is 35.6 Å². The molecule has 1 saturated heterocycles. The van der Waals surface area contributed by atoms with Crippen molar-refractivity contribution in [2.75, 3.05) is 11.9 Å². The first-order valence-corrected chi connectivity index (χ1v) is 6.96. The highest BCUT2D eigenvalue weighted by Crippen LogP contribution is 2.21. The molecule has 1 aromatic rings. The first-order chi connectivity index (χ1) is 7.79. The number of benzene rings is 1. The third kappa shape index (κ3) is 3.05. The van der Waals surface area contributed by atoms with Crippen LogP contribution in [0, 0.1) is 5.82 Å². The monoisotopic (exact) mass is 285 g/mol. The van der Waals surface area contributed by atoms with E-state index in [2.05, 4.69) is 20.8 Å². The first-order valence-electron chi connectivity index (χ1n) is 5.84. The van der Waals surface area contributed by atoms with E-state index in [0.29, 0.717) is 6.04 Å². The summed E-state index contributed by atoms with van der Waals surface area (Å²) >= 11 is 3.56. The molecule has 0 amide bonds. The number of halogens is 2. The van der Waals surface area contributed by atoms with Gasteiger partial charge in [0.05, 0.1) is 0 Å². The second kappa shape index (κ2) is 5.78. The molecular formula is C13H17BrFN. The quantitative estimate of drug-likeness (QED) is 0.768. The van der Waals surface area contributed by atoms with E-state index >= 15 is 0 Å². The van der Waals surface area contributed by atoms with Crippen molar-refractivity contribution in [3.63, 3.8) is 0 Å². The van der Waals surface area contributed by atoms with Gasteiger partial charge in [-0.1, -0.05) is 34.5 Å². The minimum atomic E-state index is -0.134. The van der Waals surface area contributed by atoms with Gasteiger partial charge in [-0.2, -0.15) is 0 Å². The maximum Gasteiger partial charge on any atom is 0.123 e. The lowest BCUT2D eigenvalue weighted by Crippen LogP contribution is -2.39. The van der Waals surface area contributed by atoms with Gasteiger partial charge in [0.15, 0.2) is 0 Å². The zero-order valence-electron chi connectivity index (χ0n) is 9.33. The Morgan fingerprint density at radius 3 is 3.00 bits per heavy atom. The molecule has 88 valence electrons. The molecule has 0 aliphatic carbocycles. The predicted octanol–water partition coefficient (Wildman–Crippen LogP) is 3.58. The Labute approximate surface area is 105 Å². The fraction of sp³-hybridized carbons (Fsp3) is 0.538. The highest BCUT2D eigenvalue weighted by atomic mass is 79.9. The molecule has 1 aliphatic rings. The van der Waals surface area contributed by atoms with E-state index in [1.54, 1.807) is 12.1 Å². The Hall–Kier alpha value is -0.410. The molecule has 3 heteroatoms. The fourth-order valence-corrected chi connectivity index (χ4v) is 3.05. The van der Waals surface area contributed by atoms with Crippen LogP contribution in [0.3, 0.4) is 0 Å². The zero-order valence-corrected chi connectivity index (χ0v) is 10.9. The average molecular weight is 286 g/mol. The normalized spacial score (nSPS) is 22.2. The summed E-state index contributed by atoms with van der Waals surface area (Å²) in [6.07, 6.45) is 3.83. The molecule has 0 radical (unpaired) electrons. The van der Waals surface area contributed by atoms with Crippen molar-refractivity contribution in [2.45, 2.75) is 31.8 Å². The minimum Gasteiger partial charge on any atom is -0.295 e. The first kappa shape index (κ1) is 12.1. The van der Waals surface area contributed by atoms with Crippen LogP contribution in [-0.2, 0) is 6.54 Å². The molecule has 0 bridgehead atoms. The second-order valence-electron chi connectivity index (χ2n) is 4.40. The average Bonchev–Trinajstić information content (AvgIpc) is 2.30. The third-order valence-corrected chi connectivity index (χ3v) is 3.95. The minimum absolute atomic E-state index is 0.134. The maximum atomic E-state index is 13.1. The molecule has 1 nitrogen and oxygen atoms in total. The zero-order chi connectivity index (χ0) is 11.4. The van der Waals surface area contributed by atoms with Crippen molar-refractivity contribution in [2.24, 2.45) is 0 Å². The molecule has 0 saturated carbocycles. The van der Waals surface area contributed by atoms with Crippen LogP contribution in [0.5, 0.6) is 0 Å². The Bertz CT molecular complexity index is 342. The van der Waals surface area contributed by atoms with Gasteiger partial charge in [-0.25, -0.2) is 4.39 Å². The molecule has 0 N–H and O–H groups in total. The molecule has 0 aromatic heterocycles. The van der Waals surface area contributed by atoms with E-state index in [1.165, 1.54) is 25.3 Å². The van der Waals surface area contributed by atoms with E-state index in [4.69, 9.17) is 0 Å². The third-order valence-electron chi connectivity index (χ3n) is 3.20. The number of piperidine rings is 1. The largest absolute Gasteiger partial charge is 0.295 e. The molecule has 1 heterocycles. The molecule has 1 atom stereocenters. The van der Waals surface area contributed by atoms with E-state index in [9.17, 15) is 4.39 Å². The van der Waals surface area contributed by atoms with Crippen molar-refractivity contribution in [1.82, 2.24) is 4.90 Å². The maximum absolute atomic E-state index is 13.1. The van der Waals surface area contributed by atoms with E-state index in [-0.39, 0.29) is 5.82 Å². The fourth-order valence-electron chi connectivity index (χ4n) is 2.31. The predicted molar refractivity (Wildman–Crippen MR) is 68.2 cm³/mol. The molecule has 1 aromatic carbocycles. The Morgan fingerprint density at radius 1 is 1.38 bits per heavy atom. The number of hydrogen-bond acceptors (Lipinski definition) is 1. The molecular weight excluding hydrogens is 269 g/mol. The van der Waals surface area contributed by atoms with Gasteiger partial charge < -0.3 is 0 Å². The lowest BCUT2D eigenvalue weighted by molar-refractivity contribution is 0.156. The lowest BCUT2D eigenvalue weighted by atomic mass is 10.0. The van der Waals surface area contributed by atoms with Crippen LogP contribution in [0.4, 0.5) is 4.39 Å². The number of nitrogens with zero attached hydrogens (tertiary/aromatic N) is 1. The molecule has 1 unspecified atom stereocenters.